The van der Waals surface area contributed by atoms with Gasteiger partial charge in [-0.15, -0.1) is 5.10 Å². The minimum Gasteiger partial charge on any atom is -0.309 e. The van der Waals surface area contributed by atoms with Crippen LogP contribution >= 0.6 is 31.9 Å². The van der Waals surface area contributed by atoms with E-state index in [1.54, 1.807) is 4.68 Å². The maximum atomic E-state index is 4.18. The zero-order valence-corrected chi connectivity index (χ0v) is 14.3. The van der Waals surface area contributed by atoms with Crippen LogP contribution in [-0.2, 0) is 6.54 Å². The maximum absolute atomic E-state index is 4.18. The summed E-state index contributed by atoms with van der Waals surface area (Å²) < 4.78 is 3.77. The Labute approximate surface area is 129 Å². The highest BCUT2D eigenvalue weighted by Crippen LogP contribution is 2.30. The van der Waals surface area contributed by atoms with Crippen LogP contribution in [0.5, 0.6) is 0 Å². The van der Waals surface area contributed by atoms with Crippen molar-refractivity contribution in [3.05, 3.63) is 38.5 Å². The molecule has 0 saturated carbocycles. The predicted molar refractivity (Wildman–Crippen MR) is 83.5 cm³/mol. The van der Waals surface area contributed by atoms with Gasteiger partial charge in [-0.1, -0.05) is 19.1 Å². The summed E-state index contributed by atoms with van der Waals surface area (Å²) in [5, 5.41) is 11.7. The number of hydrogen-bond donors (Lipinski definition) is 1. The lowest BCUT2D eigenvalue weighted by Crippen LogP contribution is -2.21. The summed E-state index contributed by atoms with van der Waals surface area (Å²) in [4.78, 5) is 0. The van der Waals surface area contributed by atoms with E-state index in [-0.39, 0.29) is 0 Å². The standard InChI is InChI=1S/C13H16Br2N4/c1-8(2)16-6-10-7-19(18-17-10)13-11(14)4-9(3)5-12(13)15/h4-5,7-8,16H,6H2,1-3H3. The van der Waals surface area contributed by atoms with E-state index >= 15 is 0 Å². The second-order valence-corrected chi connectivity index (χ2v) is 6.48. The quantitative estimate of drug-likeness (QED) is 0.871. The molecule has 1 aromatic carbocycles. The first-order chi connectivity index (χ1) is 8.97. The fourth-order valence-corrected chi connectivity index (χ4v) is 3.49. The van der Waals surface area contributed by atoms with Crippen molar-refractivity contribution in [2.75, 3.05) is 0 Å². The predicted octanol–water partition coefficient (Wildman–Crippen LogP) is 3.60. The average molecular weight is 388 g/mol. The molecule has 0 unspecified atom stereocenters. The Morgan fingerprint density at radius 3 is 2.47 bits per heavy atom. The molecule has 1 N–H and O–H groups in total. The molecule has 0 fully saturated rings. The monoisotopic (exact) mass is 386 g/mol. The van der Waals surface area contributed by atoms with E-state index in [9.17, 15) is 0 Å². The first kappa shape index (κ1) is 14.7. The summed E-state index contributed by atoms with van der Waals surface area (Å²) in [7, 11) is 0. The highest BCUT2D eigenvalue weighted by Gasteiger charge is 2.11. The minimum absolute atomic E-state index is 0.433. The van der Waals surface area contributed by atoms with E-state index in [0.717, 1.165) is 26.9 Å². The van der Waals surface area contributed by atoms with Gasteiger partial charge in [-0.05, 0) is 56.5 Å². The van der Waals surface area contributed by atoms with Crippen LogP contribution in [0.2, 0.25) is 0 Å². The summed E-state index contributed by atoms with van der Waals surface area (Å²) in [5.74, 6) is 0. The zero-order chi connectivity index (χ0) is 14.0. The number of rotatable bonds is 4. The van der Waals surface area contributed by atoms with Gasteiger partial charge >= 0.3 is 0 Å². The molecule has 19 heavy (non-hydrogen) atoms. The lowest BCUT2D eigenvalue weighted by Gasteiger charge is -2.08. The third-order valence-corrected chi connectivity index (χ3v) is 3.83. The number of aryl methyl sites for hydroxylation is 1. The fourth-order valence-electron chi connectivity index (χ4n) is 1.71. The molecule has 1 aromatic heterocycles. The first-order valence-corrected chi connectivity index (χ1v) is 7.66. The average Bonchev–Trinajstić information content (AvgIpc) is 2.73. The van der Waals surface area contributed by atoms with Gasteiger partial charge in [0.2, 0.25) is 0 Å². The molecule has 6 heteroatoms. The molecule has 0 spiro atoms. The molecule has 0 aliphatic rings. The molecular formula is C13H16Br2N4. The van der Waals surface area contributed by atoms with Crippen LogP contribution in [0.15, 0.2) is 27.3 Å². The van der Waals surface area contributed by atoms with Crippen molar-refractivity contribution >= 4 is 31.9 Å². The Bertz CT molecular complexity index is 555. The molecular weight excluding hydrogens is 372 g/mol. The molecule has 2 aromatic rings. The smallest absolute Gasteiger partial charge is 0.0969 e. The van der Waals surface area contributed by atoms with Crippen LogP contribution in [-0.4, -0.2) is 21.0 Å². The molecule has 0 radical (unpaired) electrons. The van der Waals surface area contributed by atoms with E-state index in [2.05, 4.69) is 80.4 Å². The van der Waals surface area contributed by atoms with Crippen molar-refractivity contribution in [1.29, 1.82) is 0 Å². The molecule has 1 heterocycles. The van der Waals surface area contributed by atoms with E-state index in [4.69, 9.17) is 0 Å². The van der Waals surface area contributed by atoms with E-state index < -0.39 is 0 Å². The summed E-state index contributed by atoms with van der Waals surface area (Å²) in [6.07, 6.45) is 1.94. The molecule has 0 aliphatic carbocycles. The maximum Gasteiger partial charge on any atom is 0.0969 e. The van der Waals surface area contributed by atoms with Gasteiger partial charge in [-0.2, -0.15) is 0 Å². The molecule has 0 bridgehead atoms. The molecule has 2 rings (SSSR count). The normalized spacial score (nSPS) is 11.3. The fraction of sp³-hybridized carbons (Fsp3) is 0.385. The van der Waals surface area contributed by atoms with Crippen LogP contribution < -0.4 is 5.32 Å². The van der Waals surface area contributed by atoms with Crippen molar-refractivity contribution in [2.45, 2.75) is 33.4 Å². The van der Waals surface area contributed by atoms with Gasteiger partial charge in [0.1, 0.15) is 0 Å². The minimum atomic E-state index is 0.433. The molecule has 4 nitrogen and oxygen atoms in total. The highest BCUT2D eigenvalue weighted by molar-refractivity contribution is 9.11. The van der Waals surface area contributed by atoms with Crippen LogP contribution in [0.3, 0.4) is 0 Å². The van der Waals surface area contributed by atoms with Crippen molar-refractivity contribution in [3.8, 4) is 5.69 Å². The van der Waals surface area contributed by atoms with Gasteiger partial charge in [0.25, 0.3) is 0 Å². The number of hydrogen-bond acceptors (Lipinski definition) is 3. The Kier molecular flexibility index (Phi) is 4.76. The van der Waals surface area contributed by atoms with Crippen LogP contribution in [0.4, 0.5) is 0 Å². The Morgan fingerprint density at radius 2 is 1.89 bits per heavy atom. The lowest BCUT2D eigenvalue weighted by molar-refractivity contribution is 0.580. The number of nitrogens with one attached hydrogen (secondary N) is 1. The summed E-state index contributed by atoms with van der Waals surface area (Å²) in [6, 6.07) is 4.56. The van der Waals surface area contributed by atoms with Crippen molar-refractivity contribution in [1.82, 2.24) is 20.3 Å². The topological polar surface area (TPSA) is 42.7 Å². The lowest BCUT2D eigenvalue weighted by atomic mass is 10.2. The molecule has 0 saturated heterocycles. The number of halogens is 2. The Balaban J connectivity index is 2.28. The van der Waals surface area contributed by atoms with Crippen LogP contribution in [0, 0.1) is 6.92 Å². The van der Waals surface area contributed by atoms with Gasteiger partial charge in [0, 0.05) is 21.5 Å². The van der Waals surface area contributed by atoms with Gasteiger partial charge in [-0.3, -0.25) is 0 Å². The van der Waals surface area contributed by atoms with E-state index in [1.807, 2.05) is 6.20 Å². The molecule has 102 valence electrons. The van der Waals surface area contributed by atoms with E-state index in [1.165, 1.54) is 5.56 Å². The third kappa shape index (κ3) is 3.64. The van der Waals surface area contributed by atoms with Crippen LogP contribution in [0.25, 0.3) is 5.69 Å². The van der Waals surface area contributed by atoms with Gasteiger partial charge in [0.15, 0.2) is 0 Å². The second-order valence-electron chi connectivity index (χ2n) is 4.77. The first-order valence-electron chi connectivity index (χ1n) is 6.08. The largest absolute Gasteiger partial charge is 0.309 e. The number of nitrogens with zero attached hydrogens (tertiary/aromatic N) is 3. The SMILES string of the molecule is Cc1cc(Br)c(-n2cc(CNC(C)C)nn2)c(Br)c1. The second kappa shape index (κ2) is 6.15. The van der Waals surface area contributed by atoms with Crippen molar-refractivity contribution in [2.24, 2.45) is 0 Å². The Hall–Kier alpha value is -0.720. The summed E-state index contributed by atoms with van der Waals surface area (Å²) >= 11 is 7.14. The van der Waals surface area contributed by atoms with Crippen molar-refractivity contribution < 1.29 is 0 Å². The Morgan fingerprint density at radius 1 is 1.26 bits per heavy atom. The van der Waals surface area contributed by atoms with Crippen LogP contribution in [0.1, 0.15) is 25.1 Å². The highest BCUT2D eigenvalue weighted by atomic mass is 79.9. The van der Waals surface area contributed by atoms with Gasteiger partial charge in [-0.25, -0.2) is 4.68 Å². The number of benzene rings is 1. The van der Waals surface area contributed by atoms with Crippen molar-refractivity contribution in [3.63, 3.8) is 0 Å². The van der Waals surface area contributed by atoms with Gasteiger partial charge < -0.3 is 5.32 Å². The summed E-state index contributed by atoms with van der Waals surface area (Å²) in [5.41, 5.74) is 3.08. The third-order valence-electron chi connectivity index (χ3n) is 2.62. The molecule has 0 atom stereocenters. The molecule has 0 amide bonds. The number of aromatic nitrogens is 3. The zero-order valence-electron chi connectivity index (χ0n) is 11.1. The van der Waals surface area contributed by atoms with Gasteiger partial charge in [0.05, 0.1) is 17.6 Å². The summed E-state index contributed by atoms with van der Waals surface area (Å²) in [6.45, 7) is 6.99. The molecule has 0 aliphatic heterocycles. The van der Waals surface area contributed by atoms with E-state index in [0.29, 0.717) is 6.04 Å².